The zero-order chi connectivity index (χ0) is 26.3. The molecule has 1 fully saturated rings. The summed E-state index contributed by atoms with van der Waals surface area (Å²) in [6.07, 6.45) is 6.68. The summed E-state index contributed by atoms with van der Waals surface area (Å²) in [6, 6.07) is 16.0. The van der Waals surface area contributed by atoms with Crippen LogP contribution >= 0.6 is 0 Å². The number of likely N-dealkylation sites (tertiary alicyclic amines) is 1. The van der Waals surface area contributed by atoms with Crippen molar-refractivity contribution in [2.24, 2.45) is 5.41 Å². The Bertz CT molecular complexity index is 1230. The highest BCUT2D eigenvalue weighted by atomic mass is 16.5. The third-order valence-corrected chi connectivity index (χ3v) is 6.98. The zero-order valence-electron chi connectivity index (χ0n) is 21.9. The Labute approximate surface area is 218 Å². The van der Waals surface area contributed by atoms with Crippen LogP contribution in [0.4, 0.5) is 0 Å². The number of aromatic nitrogens is 4. The van der Waals surface area contributed by atoms with E-state index in [2.05, 4.69) is 34.5 Å². The molecule has 3 aromatic rings. The summed E-state index contributed by atoms with van der Waals surface area (Å²) in [4.78, 5) is 27.7. The largest absolute Gasteiger partial charge is 0.463 e. The predicted molar refractivity (Wildman–Crippen MR) is 142 cm³/mol. The molecule has 194 valence electrons. The number of hydrogen-bond acceptors (Lipinski definition) is 6. The van der Waals surface area contributed by atoms with Crippen molar-refractivity contribution in [2.45, 2.75) is 65.8 Å². The molecular formula is C29H35N5O3. The average Bonchev–Trinajstić information content (AvgIpc) is 3.42. The molecule has 2 aromatic carbocycles. The second kappa shape index (κ2) is 12.0. The van der Waals surface area contributed by atoms with Gasteiger partial charge in [-0.15, -0.1) is 10.2 Å². The molecule has 0 aliphatic carbocycles. The topological polar surface area (TPSA) is 101 Å². The van der Waals surface area contributed by atoms with E-state index >= 15 is 0 Å². The van der Waals surface area contributed by atoms with Crippen LogP contribution in [0.3, 0.4) is 0 Å². The molecule has 0 spiro atoms. The molecule has 0 bridgehead atoms. The highest BCUT2D eigenvalue weighted by Crippen LogP contribution is 2.45. The van der Waals surface area contributed by atoms with E-state index in [1.54, 1.807) is 11.8 Å². The Morgan fingerprint density at radius 1 is 1.03 bits per heavy atom. The lowest BCUT2D eigenvalue weighted by Crippen LogP contribution is -2.42. The molecule has 1 N–H and O–H groups in total. The van der Waals surface area contributed by atoms with Crippen LogP contribution in [-0.4, -0.2) is 44.0 Å². The molecule has 1 aliphatic rings. The van der Waals surface area contributed by atoms with E-state index in [4.69, 9.17) is 4.74 Å². The maximum absolute atomic E-state index is 13.5. The number of nitrogens with zero attached hydrogens (tertiary/aromatic N) is 4. The Morgan fingerprint density at radius 2 is 1.73 bits per heavy atom. The fourth-order valence-corrected chi connectivity index (χ4v) is 5.47. The average molecular weight is 502 g/mol. The maximum atomic E-state index is 13.5. The molecule has 8 heteroatoms. The van der Waals surface area contributed by atoms with Gasteiger partial charge in [-0.3, -0.25) is 4.79 Å². The summed E-state index contributed by atoms with van der Waals surface area (Å²) in [5.41, 5.74) is 4.54. The molecule has 1 saturated heterocycles. The third-order valence-electron chi connectivity index (χ3n) is 6.98. The molecule has 0 unspecified atom stereocenters. The van der Waals surface area contributed by atoms with Crippen molar-refractivity contribution in [3.8, 4) is 22.5 Å². The van der Waals surface area contributed by atoms with Crippen LogP contribution in [-0.2, 0) is 20.9 Å². The second-order valence-electron chi connectivity index (χ2n) is 9.70. The highest BCUT2D eigenvalue weighted by molar-refractivity contribution is 5.86. The molecule has 0 saturated carbocycles. The van der Waals surface area contributed by atoms with E-state index in [1.807, 2.05) is 48.5 Å². The second-order valence-corrected chi connectivity index (χ2v) is 9.70. The Hall–Kier alpha value is -3.81. The number of rotatable bonds is 10. The number of carbonyl (C=O) groups is 2. The van der Waals surface area contributed by atoms with Crippen molar-refractivity contribution < 1.29 is 14.3 Å². The standard InChI is InChI=1S/C29H35N5O3/c1-4-15-29(16-5-2)18-23(17-27(36)37-6-3)34(26(35)19-29)20-21-11-13-22(14-12-21)24-9-7-8-10-25(24)28-30-32-33-31-28/h7-14,17H,4-6,15-16,18-20H2,1-3H3,(H,30,31,32,33)/b23-17+. The van der Waals surface area contributed by atoms with Gasteiger partial charge in [-0.1, -0.05) is 75.2 Å². The third kappa shape index (κ3) is 6.13. The lowest BCUT2D eigenvalue weighted by molar-refractivity contribution is -0.138. The van der Waals surface area contributed by atoms with E-state index in [-0.39, 0.29) is 11.3 Å². The van der Waals surface area contributed by atoms with Crippen molar-refractivity contribution >= 4 is 11.9 Å². The molecule has 1 aromatic heterocycles. The molecule has 1 amide bonds. The van der Waals surface area contributed by atoms with E-state index in [9.17, 15) is 9.59 Å². The molecule has 8 nitrogen and oxygen atoms in total. The lowest BCUT2D eigenvalue weighted by Gasteiger charge is -2.43. The fourth-order valence-electron chi connectivity index (χ4n) is 5.47. The summed E-state index contributed by atoms with van der Waals surface area (Å²) < 4.78 is 5.20. The summed E-state index contributed by atoms with van der Waals surface area (Å²) in [6.45, 7) is 6.81. The first kappa shape index (κ1) is 26.3. The SMILES string of the molecule is CCCC1(CCC)CC(=O)N(Cc2ccc(-c3ccccc3-c3nn[nH]n3)cc2)/C(=C/C(=O)OCC)C1. The Kier molecular flexibility index (Phi) is 8.48. The van der Waals surface area contributed by atoms with Crippen molar-refractivity contribution in [1.82, 2.24) is 25.5 Å². The number of tetrazole rings is 1. The Morgan fingerprint density at radius 3 is 2.35 bits per heavy atom. The van der Waals surface area contributed by atoms with Gasteiger partial charge in [-0.25, -0.2) is 4.79 Å². The number of hydrogen-bond donors (Lipinski definition) is 1. The highest BCUT2D eigenvalue weighted by Gasteiger charge is 2.40. The van der Waals surface area contributed by atoms with Gasteiger partial charge in [-0.05, 0) is 53.5 Å². The maximum Gasteiger partial charge on any atom is 0.332 e. The van der Waals surface area contributed by atoms with Gasteiger partial charge in [0.15, 0.2) is 0 Å². The zero-order valence-corrected chi connectivity index (χ0v) is 21.9. The molecule has 0 radical (unpaired) electrons. The molecule has 4 rings (SSSR count). The van der Waals surface area contributed by atoms with Crippen molar-refractivity contribution in [3.63, 3.8) is 0 Å². The monoisotopic (exact) mass is 501 g/mol. The smallest absolute Gasteiger partial charge is 0.332 e. The number of aromatic amines is 1. The van der Waals surface area contributed by atoms with Crippen LogP contribution in [0.15, 0.2) is 60.3 Å². The number of benzene rings is 2. The number of piperidine rings is 1. The van der Waals surface area contributed by atoms with Crippen molar-refractivity contribution in [1.29, 1.82) is 0 Å². The van der Waals surface area contributed by atoms with Crippen LogP contribution in [0.2, 0.25) is 0 Å². The minimum absolute atomic E-state index is 0.0650. The first-order valence-electron chi connectivity index (χ1n) is 13.1. The lowest BCUT2D eigenvalue weighted by atomic mass is 9.70. The number of nitrogens with one attached hydrogen (secondary N) is 1. The first-order chi connectivity index (χ1) is 18.0. The van der Waals surface area contributed by atoms with Crippen LogP contribution in [0.25, 0.3) is 22.5 Å². The van der Waals surface area contributed by atoms with Gasteiger partial charge in [0.1, 0.15) is 0 Å². The van der Waals surface area contributed by atoms with Crippen LogP contribution in [0, 0.1) is 5.41 Å². The van der Waals surface area contributed by atoms with Crippen LogP contribution in [0.5, 0.6) is 0 Å². The van der Waals surface area contributed by atoms with Gasteiger partial charge in [0.05, 0.1) is 13.2 Å². The molecule has 2 heterocycles. The van der Waals surface area contributed by atoms with Crippen molar-refractivity contribution in [2.75, 3.05) is 6.61 Å². The van der Waals surface area contributed by atoms with Crippen LogP contribution < -0.4 is 0 Å². The molecular weight excluding hydrogens is 466 g/mol. The van der Waals surface area contributed by atoms with E-state index in [1.165, 1.54) is 6.08 Å². The van der Waals surface area contributed by atoms with Gasteiger partial charge < -0.3 is 9.64 Å². The minimum atomic E-state index is -0.396. The van der Waals surface area contributed by atoms with Crippen LogP contribution in [0.1, 0.15) is 64.9 Å². The fraction of sp³-hybridized carbons (Fsp3) is 0.414. The predicted octanol–water partition coefficient (Wildman–Crippen LogP) is 5.69. The van der Waals surface area contributed by atoms with E-state index < -0.39 is 5.97 Å². The number of ether oxygens (including phenoxy) is 1. The number of allylic oxidation sites excluding steroid dienone is 1. The Balaban J connectivity index is 1.60. The normalized spacial score (nSPS) is 16.2. The number of H-pyrrole nitrogens is 1. The minimum Gasteiger partial charge on any atom is -0.463 e. The van der Waals surface area contributed by atoms with Gasteiger partial charge in [-0.2, -0.15) is 5.21 Å². The van der Waals surface area contributed by atoms with E-state index in [0.717, 1.165) is 53.6 Å². The summed E-state index contributed by atoms with van der Waals surface area (Å²) in [5, 5.41) is 14.4. The van der Waals surface area contributed by atoms with Gasteiger partial charge in [0.25, 0.3) is 0 Å². The molecule has 0 atom stereocenters. The molecule has 37 heavy (non-hydrogen) atoms. The number of esters is 1. The van der Waals surface area contributed by atoms with Crippen molar-refractivity contribution in [3.05, 3.63) is 65.9 Å². The quantitative estimate of drug-likeness (QED) is 0.283. The first-order valence-corrected chi connectivity index (χ1v) is 13.1. The molecule has 1 aliphatic heterocycles. The van der Waals surface area contributed by atoms with Gasteiger partial charge in [0.2, 0.25) is 11.7 Å². The van der Waals surface area contributed by atoms with E-state index in [0.29, 0.717) is 31.8 Å². The summed E-state index contributed by atoms with van der Waals surface area (Å²) in [7, 11) is 0. The number of carbonyl (C=O) groups excluding carboxylic acids is 2. The summed E-state index contributed by atoms with van der Waals surface area (Å²) >= 11 is 0. The van der Waals surface area contributed by atoms with Gasteiger partial charge in [0, 0.05) is 23.8 Å². The number of amides is 1. The summed E-state index contributed by atoms with van der Waals surface area (Å²) in [5.74, 6) is 0.206. The van der Waals surface area contributed by atoms with Gasteiger partial charge >= 0.3 is 5.97 Å².